The Balaban J connectivity index is 1.35. The Bertz CT molecular complexity index is 1210. The van der Waals surface area contributed by atoms with E-state index >= 15 is 0 Å². The minimum absolute atomic E-state index is 0.259. The van der Waals surface area contributed by atoms with Gasteiger partial charge >= 0.3 is 5.97 Å². The van der Waals surface area contributed by atoms with Crippen LogP contribution in [-0.2, 0) is 22.5 Å². The molecule has 0 spiro atoms. The Morgan fingerprint density at radius 1 is 0.879 bits per heavy atom. The van der Waals surface area contributed by atoms with Crippen molar-refractivity contribution < 1.29 is 23.9 Å². The fourth-order valence-electron chi connectivity index (χ4n) is 4.09. The van der Waals surface area contributed by atoms with E-state index in [0.717, 1.165) is 29.3 Å². The maximum absolute atomic E-state index is 12.7. The predicted octanol–water partition coefficient (Wildman–Crippen LogP) is 3.37. The zero-order valence-corrected chi connectivity index (χ0v) is 18.5. The van der Waals surface area contributed by atoms with Crippen LogP contribution in [0.4, 0.5) is 0 Å². The summed E-state index contributed by atoms with van der Waals surface area (Å²) in [6.07, 6.45) is 0.833. The first-order valence-corrected chi connectivity index (χ1v) is 10.7. The number of nitrogens with zero attached hydrogens (tertiary/aromatic N) is 2. The number of Topliss-reactive ketones (excluding diaryl/α,β-unsaturated/α-hetero) is 1. The number of amides is 2. The third-order valence-corrected chi connectivity index (χ3v) is 5.87. The lowest BCUT2D eigenvalue weighted by Crippen LogP contribution is -2.36. The van der Waals surface area contributed by atoms with E-state index in [1.54, 1.807) is 18.2 Å². The summed E-state index contributed by atoms with van der Waals surface area (Å²) in [5.41, 5.74) is 3.98. The molecule has 0 radical (unpaired) electrons. The van der Waals surface area contributed by atoms with E-state index in [0.29, 0.717) is 5.56 Å². The van der Waals surface area contributed by atoms with Gasteiger partial charge in [-0.25, -0.2) is 0 Å². The van der Waals surface area contributed by atoms with Crippen LogP contribution in [0.15, 0.2) is 60.7 Å². The SMILES string of the molecule is Cc1cc(C(=O)COC(=O)CN2C(=O)c3ccccc3C2=O)c(C)n1CCc1ccccc1. The molecule has 2 heterocycles. The quantitative estimate of drug-likeness (QED) is 0.302. The highest BCUT2D eigenvalue weighted by molar-refractivity contribution is 6.22. The summed E-state index contributed by atoms with van der Waals surface area (Å²) in [6.45, 7) is 3.55. The molecule has 0 N–H and O–H groups in total. The number of ketones is 1. The standard InChI is InChI=1S/C26H24N2O5/c1-17-14-22(18(2)27(17)13-12-19-8-4-3-5-9-19)23(29)16-33-24(30)15-28-25(31)20-10-6-7-11-21(20)26(28)32/h3-11,14H,12-13,15-16H2,1-2H3. The van der Waals surface area contributed by atoms with E-state index in [4.69, 9.17) is 4.74 Å². The van der Waals surface area contributed by atoms with Crippen LogP contribution in [0.3, 0.4) is 0 Å². The summed E-state index contributed by atoms with van der Waals surface area (Å²) < 4.78 is 7.18. The molecular weight excluding hydrogens is 420 g/mol. The highest BCUT2D eigenvalue weighted by Crippen LogP contribution is 2.22. The van der Waals surface area contributed by atoms with Crippen molar-refractivity contribution in [3.8, 4) is 0 Å². The van der Waals surface area contributed by atoms with Gasteiger partial charge in [0.15, 0.2) is 6.61 Å². The summed E-state index contributed by atoms with van der Waals surface area (Å²) >= 11 is 0. The lowest BCUT2D eigenvalue weighted by Gasteiger charge is -2.13. The molecule has 168 valence electrons. The van der Waals surface area contributed by atoms with Gasteiger partial charge in [-0.15, -0.1) is 0 Å². The van der Waals surface area contributed by atoms with Crippen LogP contribution in [0.2, 0.25) is 0 Å². The van der Waals surface area contributed by atoms with Crippen LogP contribution in [0, 0.1) is 13.8 Å². The number of rotatable bonds is 8. The second-order valence-electron chi connectivity index (χ2n) is 8.00. The van der Waals surface area contributed by atoms with E-state index in [-0.39, 0.29) is 16.9 Å². The Morgan fingerprint density at radius 3 is 2.12 bits per heavy atom. The number of ether oxygens (including phenoxy) is 1. The third-order valence-electron chi connectivity index (χ3n) is 5.87. The summed E-state index contributed by atoms with van der Waals surface area (Å²) in [7, 11) is 0. The fourth-order valence-corrected chi connectivity index (χ4v) is 4.09. The smallest absolute Gasteiger partial charge is 0.326 e. The summed E-state index contributed by atoms with van der Waals surface area (Å²) in [5.74, 6) is -2.22. The van der Waals surface area contributed by atoms with Crippen LogP contribution >= 0.6 is 0 Å². The number of aromatic nitrogens is 1. The van der Waals surface area contributed by atoms with E-state index in [9.17, 15) is 19.2 Å². The van der Waals surface area contributed by atoms with E-state index in [1.807, 2.05) is 32.0 Å². The van der Waals surface area contributed by atoms with Crippen LogP contribution < -0.4 is 0 Å². The molecule has 0 unspecified atom stereocenters. The maximum atomic E-state index is 12.7. The molecule has 0 aliphatic carbocycles. The van der Waals surface area contributed by atoms with Crippen molar-refractivity contribution >= 4 is 23.6 Å². The highest BCUT2D eigenvalue weighted by Gasteiger charge is 2.36. The average molecular weight is 444 g/mol. The highest BCUT2D eigenvalue weighted by atomic mass is 16.5. The molecule has 0 saturated heterocycles. The molecule has 2 amide bonds. The van der Waals surface area contributed by atoms with Crippen molar-refractivity contribution in [1.29, 1.82) is 0 Å². The summed E-state index contributed by atoms with van der Waals surface area (Å²) in [4.78, 5) is 50.6. The van der Waals surface area contributed by atoms with Crippen molar-refractivity contribution in [3.63, 3.8) is 0 Å². The van der Waals surface area contributed by atoms with Crippen molar-refractivity contribution in [1.82, 2.24) is 9.47 Å². The van der Waals surface area contributed by atoms with Crippen molar-refractivity contribution in [2.24, 2.45) is 0 Å². The normalized spacial score (nSPS) is 12.7. The monoisotopic (exact) mass is 444 g/mol. The van der Waals surface area contributed by atoms with E-state index in [2.05, 4.69) is 16.7 Å². The van der Waals surface area contributed by atoms with Gasteiger partial charge in [-0.1, -0.05) is 42.5 Å². The third kappa shape index (κ3) is 4.48. The molecule has 7 heteroatoms. The molecule has 0 atom stereocenters. The number of hydrogen-bond donors (Lipinski definition) is 0. The van der Waals surface area contributed by atoms with Gasteiger partial charge in [0.25, 0.3) is 11.8 Å². The zero-order valence-electron chi connectivity index (χ0n) is 18.5. The molecule has 7 nitrogen and oxygen atoms in total. The van der Waals surface area contributed by atoms with Crippen molar-refractivity contribution in [3.05, 3.63) is 94.3 Å². The second-order valence-corrected chi connectivity index (χ2v) is 8.00. The van der Waals surface area contributed by atoms with Crippen LogP contribution in [0.25, 0.3) is 0 Å². The number of aryl methyl sites for hydroxylation is 2. The second kappa shape index (κ2) is 9.24. The van der Waals surface area contributed by atoms with E-state index < -0.39 is 30.9 Å². The van der Waals surface area contributed by atoms with Gasteiger partial charge in [0, 0.05) is 23.5 Å². The van der Waals surface area contributed by atoms with Crippen LogP contribution in [0.5, 0.6) is 0 Å². The van der Waals surface area contributed by atoms with Gasteiger partial charge in [-0.2, -0.15) is 0 Å². The van der Waals surface area contributed by atoms with Crippen LogP contribution in [-0.4, -0.2) is 46.2 Å². The van der Waals surface area contributed by atoms with Crippen molar-refractivity contribution in [2.75, 3.05) is 13.2 Å². The molecule has 1 aliphatic rings. The lowest BCUT2D eigenvalue weighted by molar-refractivity contribution is -0.142. The first-order valence-electron chi connectivity index (χ1n) is 10.7. The average Bonchev–Trinajstić information content (AvgIpc) is 3.24. The fraction of sp³-hybridized carbons (Fsp3) is 0.231. The molecule has 3 aromatic rings. The minimum atomic E-state index is -0.809. The molecule has 2 aromatic carbocycles. The largest absolute Gasteiger partial charge is 0.456 e. The number of fused-ring (bicyclic) bond motifs is 1. The predicted molar refractivity (Wildman–Crippen MR) is 121 cm³/mol. The minimum Gasteiger partial charge on any atom is -0.456 e. The Morgan fingerprint density at radius 2 is 1.48 bits per heavy atom. The van der Waals surface area contributed by atoms with Gasteiger partial charge in [-0.3, -0.25) is 24.1 Å². The number of carbonyl (C=O) groups excluding carboxylic acids is 4. The number of benzene rings is 2. The first kappa shape index (κ1) is 22.2. The summed E-state index contributed by atoms with van der Waals surface area (Å²) in [6, 6.07) is 18.3. The van der Waals surface area contributed by atoms with Gasteiger partial charge in [0.05, 0.1) is 11.1 Å². The number of esters is 1. The lowest BCUT2D eigenvalue weighted by atomic mass is 10.1. The topological polar surface area (TPSA) is 85.7 Å². The summed E-state index contributed by atoms with van der Waals surface area (Å²) in [5, 5.41) is 0. The molecule has 1 aliphatic heterocycles. The van der Waals surface area contributed by atoms with Gasteiger partial charge < -0.3 is 9.30 Å². The molecule has 33 heavy (non-hydrogen) atoms. The molecule has 0 fully saturated rings. The molecule has 0 bridgehead atoms. The molecule has 4 rings (SSSR count). The number of hydrogen-bond acceptors (Lipinski definition) is 5. The van der Waals surface area contributed by atoms with Crippen molar-refractivity contribution in [2.45, 2.75) is 26.8 Å². The van der Waals surface area contributed by atoms with Gasteiger partial charge in [0.1, 0.15) is 6.54 Å². The Kier molecular flexibility index (Phi) is 6.22. The number of imide groups is 1. The van der Waals surface area contributed by atoms with Gasteiger partial charge in [0.2, 0.25) is 5.78 Å². The van der Waals surface area contributed by atoms with E-state index in [1.165, 1.54) is 17.7 Å². The molecular formula is C26H24N2O5. The Hall–Kier alpha value is -4.00. The van der Waals surface area contributed by atoms with Gasteiger partial charge in [-0.05, 0) is 44.0 Å². The Labute approximate surface area is 191 Å². The maximum Gasteiger partial charge on any atom is 0.326 e. The number of carbonyl (C=O) groups is 4. The molecule has 1 aromatic heterocycles. The molecule has 0 saturated carbocycles. The van der Waals surface area contributed by atoms with Crippen LogP contribution in [0.1, 0.15) is 48.0 Å². The zero-order chi connectivity index (χ0) is 23.5. The first-order chi connectivity index (χ1) is 15.9.